The molecule has 6 nitrogen and oxygen atoms in total. The zero-order chi connectivity index (χ0) is 19.6. The molecule has 1 aliphatic carbocycles. The fourth-order valence-electron chi connectivity index (χ4n) is 3.07. The molecule has 0 aromatic heterocycles. The summed E-state index contributed by atoms with van der Waals surface area (Å²) in [5, 5.41) is 29.0. The first kappa shape index (κ1) is 23.1. The maximum Gasteiger partial charge on any atom is 0.327 e. The highest BCUT2D eigenvalue weighted by Crippen LogP contribution is 2.37. The smallest absolute Gasteiger partial charge is 0.327 e. The quantitative estimate of drug-likeness (QED) is 0.329. The molecule has 1 rings (SSSR count). The first-order chi connectivity index (χ1) is 12.3. The van der Waals surface area contributed by atoms with Gasteiger partial charge in [0.1, 0.15) is 5.78 Å². The van der Waals surface area contributed by atoms with E-state index in [1.165, 1.54) is 11.8 Å². The van der Waals surface area contributed by atoms with Crippen LogP contribution in [0.4, 0.5) is 0 Å². The van der Waals surface area contributed by atoms with Gasteiger partial charge in [0.05, 0.1) is 11.7 Å². The third-order valence-corrected chi connectivity index (χ3v) is 6.39. The summed E-state index contributed by atoms with van der Waals surface area (Å²) in [5.74, 6) is -0.606. The Morgan fingerprint density at radius 1 is 1.42 bits per heavy atom. The van der Waals surface area contributed by atoms with Crippen molar-refractivity contribution in [2.24, 2.45) is 5.92 Å². The fraction of sp³-hybridized carbons (Fsp3) is 0.789. The van der Waals surface area contributed by atoms with Crippen LogP contribution >= 0.6 is 11.8 Å². The number of ether oxygens (including phenoxy) is 1. The Morgan fingerprint density at radius 2 is 2.15 bits per heavy atom. The summed E-state index contributed by atoms with van der Waals surface area (Å²) in [6.45, 7) is 4.77. The van der Waals surface area contributed by atoms with E-state index in [0.717, 1.165) is 18.9 Å². The number of unbranched alkanes of at least 4 members (excludes halogenated alkanes) is 2. The van der Waals surface area contributed by atoms with E-state index in [2.05, 4.69) is 0 Å². The number of carboxylic acid groups (broad SMARTS) is 1. The maximum atomic E-state index is 12.2. The Kier molecular flexibility index (Phi) is 10.5. The van der Waals surface area contributed by atoms with Gasteiger partial charge in [-0.1, -0.05) is 12.5 Å². The molecular weight excluding hydrogens is 356 g/mol. The van der Waals surface area contributed by atoms with Crippen molar-refractivity contribution in [2.45, 2.75) is 69.3 Å². The zero-order valence-corrected chi connectivity index (χ0v) is 16.5. The number of ketones is 1. The molecule has 0 amide bonds. The van der Waals surface area contributed by atoms with E-state index >= 15 is 0 Å². The van der Waals surface area contributed by atoms with Crippen LogP contribution in [-0.4, -0.2) is 63.0 Å². The molecule has 3 N–H and O–H groups in total. The number of rotatable bonds is 13. The third kappa shape index (κ3) is 8.66. The van der Waals surface area contributed by atoms with Crippen molar-refractivity contribution in [3.63, 3.8) is 0 Å². The van der Waals surface area contributed by atoms with Crippen LogP contribution in [0.3, 0.4) is 0 Å². The molecular formula is C19H32O6S. The number of carbonyl (C=O) groups is 2. The van der Waals surface area contributed by atoms with Crippen molar-refractivity contribution < 1.29 is 29.6 Å². The number of hydrogen-bond acceptors (Lipinski definition) is 6. The van der Waals surface area contributed by atoms with Crippen LogP contribution in [0.15, 0.2) is 12.2 Å². The number of aliphatic hydroxyl groups is 2. The largest absolute Gasteiger partial charge is 0.478 e. The van der Waals surface area contributed by atoms with Crippen LogP contribution in [-0.2, 0) is 14.3 Å². The highest BCUT2D eigenvalue weighted by molar-refractivity contribution is 8.00. The Balaban J connectivity index is 2.43. The molecule has 4 atom stereocenters. The van der Waals surface area contributed by atoms with Crippen LogP contribution in [0, 0.1) is 5.92 Å². The van der Waals surface area contributed by atoms with E-state index in [0.29, 0.717) is 38.2 Å². The predicted octanol–water partition coefficient (Wildman–Crippen LogP) is 2.42. The average molecular weight is 389 g/mol. The molecule has 0 heterocycles. The van der Waals surface area contributed by atoms with Gasteiger partial charge in [0.15, 0.2) is 0 Å². The van der Waals surface area contributed by atoms with E-state index < -0.39 is 17.7 Å². The molecule has 0 aromatic carbocycles. The second-order valence-electron chi connectivity index (χ2n) is 7.09. The van der Waals surface area contributed by atoms with Crippen molar-refractivity contribution in [2.75, 3.05) is 19.0 Å². The second kappa shape index (κ2) is 11.7. The van der Waals surface area contributed by atoms with E-state index in [-0.39, 0.29) is 23.4 Å². The van der Waals surface area contributed by atoms with Crippen LogP contribution in [0.2, 0.25) is 0 Å². The van der Waals surface area contributed by atoms with Crippen molar-refractivity contribution in [1.29, 1.82) is 0 Å². The number of Topliss-reactive ketones (excluding diaryl/α,β-unsaturated/α-hetero) is 1. The lowest BCUT2D eigenvalue weighted by Crippen LogP contribution is -2.33. The highest BCUT2D eigenvalue weighted by Gasteiger charge is 2.42. The zero-order valence-electron chi connectivity index (χ0n) is 15.7. The summed E-state index contributed by atoms with van der Waals surface area (Å²) < 4.78 is 5.29. The Bertz CT molecular complexity index is 477. The molecule has 1 fully saturated rings. The number of allylic oxidation sites excluding steroid dienone is 1. The predicted molar refractivity (Wildman–Crippen MR) is 102 cm³/mol. The summed E-state index contributed by atoms with van der Waals surface area (Å²) in [6.07, 6.45) is 5.77. The number of carboxylic acids is 1. The molecule has 0 aromatic rings. The molecule has 1 aliphatic rings. The maximum absolute atomic E-state index is 12.2. The average Bonchev–Trinajstić information content (AvgIpc) is 2.82. The standard InChI is InChI=1S/C19H32O6S/c1-3-25-11-10-19(2,24)13-26-18-14(15(20)12-16(18)21)8-6-4-5-7-9-17(22)23/h7,9,14,16,18,21,24H,3-6,8,10-13H2,1-2H3,(H,22,23)/t14-,16?,18+,19?/m0/s1. The molecule has 7 heteroatoms. The summed E-state index contributed by atoms with van der Waals surface area (Å²) in [7, 11) is 0. The molecule has 150 valence electrons. The Labute approximate surface area is 160 Å². The van der Waals surface area contributed by atoms with Gasteiger partial charge in [0, 0.05) is 49.1 Å². The number of carbonyl (C=O) groups excluding carboxylic acids is 1. The van der Waals surface area contributed by atoms with Crippen LogP contribution in [0.25, 0.3) is 0 Å². The molecule has 0 spiro atoms. The molecule has 1 saturated carbocycles. The lowest BCUT2D eigenvalue weighted by molar-refractivity contribution is -0.131. The van der Waals surface area contributed by atoms with Crippen molar-refractivity contribution in [3.8, 4) is 0 Å². The van der Waals surface area contributed by atoms with E-state index in [1.807, 2.05) is 6.92 Å². The SMILES string of the molecule is CCOCCC(C)(O)CS[C@H]1C(O)CC(=O)[C@@H]1CCCCC=CC(=O)O. The van der Waals surface area contributed by atoms with Gasteiger partial charge in [-0.05, 0) is 33.1 Å². The van der Waals surface area contributed by atoms with Gasteiger partial charge in [-0.3, -0.25) is 4.79 Å². The molecule has 0 radical (unpaired) electrons. The highest BCUT2D eigenvalue weighted by atomic mass is 32.2. The minimum Gasteiger partial charge on any atom is -0.478 e. The molecule has 26 heavy (non-hydrogen) atoms. The molecule has 0 bridgehead atoms. The van der Waals surface area contributed by atoms with Gasteiger partial charge in [-0.15, -0.1) is 0 Å². The minimum atomic E-state index is -0.952. The second-order valence-corrected chi connectivity index (χ2v) is 8.26. The Hall–Kier alpha value is -0.890. The number of hydrogen-bond donors (Lipinski definition) is 3. The van der Waals surface area contributed by atoms with Crippen LogP contribution < -0.4 is 0 Å². The third-order valence-electron chi connectivity index (χ3n) is 4.57. The first-order valence-corrected chi connectivity index (χ1v) is 10.3. The summed E-state index contributed by atoms with van der Waals surface area (Å²) in [4.78, 5) is 22.6. The minimum absolute atomic E-state index is 0.0880. The monoisotopic (exact) mass is 388 g/mol. The summed E-state index contributed by atoms with van der Waals surface area (Å²) >= 11 is 1.47. The van der Waals surface area contributed by atoms with Gasteiger partial charge >= 0.3 is 5.97 Å². The number of thioether (sulfide) groups is 1. The van der Waals surface area contributed by atoms with E-state index in [9.17, 15) is 19.8 Å². The number of aliphatic carboxylic acids is 1. The van der Waals surface area contributed by atoms with E-state index in [4.69, 9.17) is 9.84 Å². The lowest BCUT2D eigenvalue weighted by Gasteiger charge is -2.27. The van der Waals surface area contributed by atoms with Crippen LogP contribution in [0.5, 0.6) is 0 Å². The van der Waals surface area contributed by atoms with Crippen LogP contribution in [0.1, 0.15) is 52.4 Å². The Morgan fingerprint density at radius 3 is 2.81 bits per heavy atom. The van der Waals surface area contributed by atoms with Gasteiger partial charge in [-0.25, -0.2) is 4.79 Å². The lowest BCUT2D eigenvalue weighted by atomic mass is 9.98. The molecule has 0 saturated heterocycles. The van der Waals surface area contributed by atoms with E-state index in [1.54, 1.807) is 13.0 Å². The molecule has 2 unspecified atom stereocenters. The van der Waals surface area contributed by atoms with Gasteiger partial charge in [0.2, 0.25) is 0 Å². The first-order valence-electron chi connectivity index (χ1n) is 9.29. The fourth-order valence-corrected chi connectivity index (χ4v) is 4.61. The van der Waals surface area contributed by atoms with Crippen molar-refractivity contribution in [3.05, 3.63) is 12.2 Å². The molecule has 0 aliphatic heterocycles. The number of aliphatic hydroxyl groups excluding tert-OH is 1. The van der Waals surface area contributed by atoms with Gasteiger partial charge in [0.25, 0.3) is 0 Å². The van der Waals surface area contributed by atoms with Gasteiger partial charge < -0.3 is 20.1 Å². The summed E-state index contributed by atoms with van der Waals surface area (Å²) in [6, 6.07) is 0. The van der Waals surface area contributed by atoms with Crippen molar-refractivity contribution >= 4 is 23.5 Å². The normalized spacial score (nSPS) is 25.7. The van der Waals surface area contributed by atoms with Gasteiger partial charge in [-0.2, -0.15) is 11.8 Å². The topological polar surface area (TPSA) is 104 Å². The summed E-state index contributed by atoms with van der Waals surface area (Å²) in [5.41, 5.74) is -0.891. The van der Waals surface area contributed by atoms with Crippen molar-refractivity contribution in [1.82, 2.24) is 0 Å².